The lowest BCUT2D eigenvalue weighted by atomic mass is 9.77. The molecule has 0 aromatic carbocycles. The van der Waals surface area contributed by atoms with Gasteiger partial charge in [0.05, 0.1) is 0 Å². The minimum atomic E-state index is 0.913. The van der Waals surface area contributed by atoms with E-state index in [1.165, 1.54) is 186 Å². The Morgan fingerprint density at radius 1 is 0.297 bits per heavy atom. The number of hydrogen-bond donors (Lipinski definition) is 0. The zero-order valence-corrected chi connectivity index (χ0v) is 27.2. The van der Waals surface area contributed by atoms with E-state index < -0.39 is 0 Å². The van der Waals surface area contributed by atoms with Gasteiger partial charge in [-0.15, -0.1) is 0 Å². The van der Waals surface area contributed by atoms with Gasteiger partial charge in [0.1, 0.15) is 0 Å². The van der Waals surface area contributed by atoms with Crippen molar-refractivity contribution in [2.24, 2.45) is 17.8 Å². The van der Waals surface area contributed by atoms with E-state index in [0.29, 0.717) is 0 Å². The van der Waals surface area contributed by atoms with Gasteiger partial charge in [-0.1, -0.05) is 214 Å². The van der Waals surface area contributed by atoms with Crippen LogP contribution in [0, 0.1) is 17.8 Å². The van der Waals surface area contributed by atoms with Crippen LogP contribution in [0.3, 0.4) is 0 Å². The van der Waals surface area contributed by atoms with Crippen LogP contribution in [0.4, 0.5) is 0 Å². The Hall–Kier alpha value is 0. The third-order valence-corrected chi connectivity index (χ3v) is 9.51. The molecule has 3 unspecified atom stereocenters. The molecular weight excluding hydrogens is 444 g/mol. The van der Waals surface area contributed by atoms with E-state index in [4.69, 9.17) is 0 Å². The first-order chi connectivity index (χ1) is 18.2. The van der Waals surface area contributed by atoms with Crippen molar-refractivity contribution in [2.75, 3.05) is 0 Å². The highest BCUT2D eigenvalue weighted by molar-refractivity contribution is 4.72. The molecule has 37 heavy (non-hydrogen) atoms. The number of hydrogen-bond acceptors (Lipinski definition) is 0. The van der Waals surface area contributed by atoms with Gasteiger partial charge in [0, 0.05) is 0 Å². The molecular formula is C37H76. The lowest BCUT2D eigenvalue weighted by Crippen LogP contribution is -2.19. The minimum absolute atomic E-state index is 0.913. The second-order valence-corrected chi connectivity index (χ2v) is 13.1. The molecule has 0 aliphatic heterocycles. The highest BCUT2D eigenvalue weighted by atomic mass is 14.3. The zero-order valence-electron chi connectivity index (χ0n) is 27.2. The Morgan fingerprint density at radius 2 is 0.595 bits per heavy atom. The molecule has 0 aliphatic rings. The van der Waals surface area contributed by atoms with Crippen LogP contribution in [0.2, 0.25) is 0 Å². The van der Waals surface area contributed by atoms with Gasteiger partial charge in [0.2, 0.25) is 0 Å². The van der Waals surface area contributed by atoms with Crippen molar-refractivity contribution in [3.63, 3.8) is 0 Å². The summed E-state index contributed by atoms with van der Waals surface area (Å²) in [6.45, 7) is 12.1. The third-order valence-electron chi connectivity index (χ3n) is 9.51. The van der Waals surface area contributed by atoms with Gasteiger partial charge in [-0.3, -0.25) is 0 Å². The molecule has 0 saturated carbocycles. The summed E-state index contributed by atoms with van der Waals surface area (Å²) in [6, 6.07) is 0. The zero-order chi connectivity index (χ0) is 27.2. The van der Waals surface area contributed by atoms with Gasteiger partial charge in [-0.2, -0.15) is 0 Å². The van der Waals surface area contributed by atoms with E-state index in [1.54, 1.807) is 0 Å². The Morgan fingerprint density at radius 3 is 0.892 bits per heavy atom. The fourth-order valence-electron chi connectivity index (χ4n) is 6.52. The minimum Gasteiger partial charge on any atom is -0.0654 e. The summed E-state index contributed by atoms with van der Waals surface area (Å²) >= 11 is 0. The SMILES string of the molecule is CCCCCCCCCCCCCCCCCCCCCCCCCCC(C(C)CC)C(C)CCCC. The predicted molar refractivity (Wildman–Crippen MR) is 173 cm³/mol. The van der Waals surface area contributed by atoms with Gasteiger partial charge in [0.25, 0.3) is 0 Å². The molecule has 0 N–H and O–H groups in total. The van der Waals surface area contributed by atoms with Crippen LogP contribution in [0.5, 0.6) is 0 Å². The van der Waals surface area contributed by atoms with Crippen molar-refractivity contribution in [1.29, 1.82) is 0 Å². The summed E-state index contributed by atoms with van der Waals surface area (Å²) in [5, 5.41) is 0. The average Bonchev–Trinajstić information content (AvgIpc) is 2.91. The molecule has 0 nitrogen and oxygen atoms in total. The van der Waals surface area contributed by atoms with Gasteiger partial charge < -0.3 is 0 Å². The van der Waals surface area contributed by atoms with Gasteiger partial charge in [-0.25, -0.2) is 0 Å². The first kappa shape index (κ1) is 37.0. The highest BCUT2D eigenvalue weighted by Gasteiger charge is 2.21. The molecule has 0 radical (unpaired) electrons. The molecule has 0 saturated heterocycles. The van der Waals surface area contributed by atoms with Crippen molar-refractivity contribution in [2.45, 2.75) is 221 Å². The van der Waals surface area contributed by atoms with E-state index in [2.05, 4.69) is 34.6 Å². The van der Waals surface area contributed by atoms with Crippen LogP contribution in [0.15, 0.2) is 0 Å². The summed E-state index contributed by atoms with van der Waals surface area (Å²) in [5.74, 6) is 2.81. The summed E-state index contributed by atoms with van der Waals surface area (Å²) in [7, 11) is 0. The number of rotatable bonds is 31. The Kier molecular flexibility index (Phi) is 30.5. The van der Waals surface area contributed by atoms with Crippen molar-refractivity contribution >= 4 is 0 Å². The lowest BCUT2D eigenvalue weighted by molar-refractivity contribution is 0.213. The van der Waals surface area contributed by atoms with Crippen LogP contribution in [-0.4, -0.2) is 0 Å². The molecule has 3 atom stereocenters. The fraction of sp³-hybridized carbons (Fsp3) is 1.00. The van der Waals surface area contributed by atoms with E-state index in [-0.39, 0.29) is 0 Å². The maximum Gasteiger partial charge on any atom is -0.0363 e. The van der Waals surface area contributed by atoms with Crippen LogP contribution in [-0.2, 0) is 0 Å². The normalized spacial score (nSPS) is 14.2. The van der Waals surface area contributed by atoms with Crippen LogP contribution >= 0.6 is 0 Å². The maximum absolute atomic E-state index is 2.53. The lowest BCUT2D eigenvalue weighted by Gasteiger charge is -2.29. The molecule has 0 bridgehead atoms. The summed E-state index contributed by atoms with van der Waals surface area (Å²) in [4.78, 5) is 0. The molecule has 0 fully saturated rings. The van der Waals surface area contributed by atoms with Gasteiger partial charge in [-0.05, 0) is 24.2 Å². The van der Waals surface area contributed by atoms with Crippen molar-refractivity contribution in [3.8, 4) is 0 Å². The molecule has 0 aromatic heterocycles. The van der Waals surface area contributed by atoms with Crippen molar-refractivity contribution in [1.82, 2.24) is 0 Å². The largest absolute Gasteiger partial charge is 0.0654 e. The molecule has 0 aromatic rings. The molecule has 0 heteroatoms. The summed E-state index contributed by atoms with van der Waals surface area (Å²) in [6.07, 6.45) is 42.6. The topological polar surface area (TPSA) is 0 Å². The van der Waals surface area contributed by atoms with Crippen LogP contribution < -0.4 is 0 Å². The van der Waals surface area contributed by atoms with Crippen LogP contribution in [0.25, 0.3) is 0 Å². The Labute approximate surface area is 238 Å². The standard InChI is InChI=1S/C37H76/c1-6-9-11-12-13-14-15-16-17-18-19-20-21-22-23-24-25-26-27-28-29-30-31-32-34-37(35(4)8-3)36(5)33-10-7-2/h35-37H,6-34H2,1-5H3. The summed E-state index contributed by atoms with van der Waals surface area (Å²) < 4.78 is 0. The second-order valence-electron chi connectivity index (χ2n) is 13.1. The number of unbranched alkanes of at least 4 members (excludes halogenated alkanes) is 24. The highest BCUT2D eigenvalue weighted by Crippen LogP contribution is 2.32. The van der Waals surface area contributed by atoms with Gasteiger partial charge >= 0.3 is 0 Å². The molecule has 0 rings (SSSR count). The second kappa shape index (κ2) is 30.5. The smallest absolute Gasteiger partial charge is 0.0363 e. The monoisotopic (exact) mass is 521 g/mol. The van der Waals surface area contributed by atoms with Gasteiger partial charge in [0.15, 0.2) is 0 Å². The van der Waals surface area contributed by atoms with Crippen molar-refractivity contribution < 1.29 is 0 Å². The van der Waals surface area contributed by atoms with Crippen LogP contribution in [0.1, 0.15) is 221 Å². The fourth-order valence-corrected chi connectivity index (χ4v) is 6.52. The molecule has 0 amide bonds. The van der Waals surface area contributed by atoms with E-state index >= 15 is 0 Å². The Bertz CT molecular complexity index is 399. The van der Waals surface area contributed by atoms with E-state index in [1.807, 2.05) is 0 Å². The molecule has 0 aliphatic carbocycles. The predicted octanol–water partition coefficient (Wildman–Crippen LogP) is 14.2. The summed E-state index contributed by atoms with van der Waals surface area (Å²) in [5.41, 5.74) is 0. The maximum atomic E-state index is 2.53. The molecule has 0 heterocycles. The van der Waals surface area contributed by atoms with Crippen molar-refractivity contribution in [3.05, 3.63) is 0 Å². The average molecular weight is 521 g/mol. The third kappa shape index (κ3) is 26.0. The molecule has 0 spiro atoms. The Balaban J connectivity index is 3.32. The quantitative estimate of drug-likeness (QED) is 0.0797. The molecule has 224 valence electrons. The van der Waals surface area contributed by atoms with E-state index in [0.717, 1.165) is 17.8 Å². The first-order valence-electron chi connectivity index (χ1n) is 18.2. The first-order valence-corrected chi connectivity index (χ1v) is 18.2. The van der Waals surface area contributed by atoms with E-state index in [9.17, 15) is 0 Å².